The van der Waals surface area contributed by atoms with Gasteiger partial charge < -0.3 is 25.2 Å². The van der Waals surface area contributed by atoms with Crippen molar-refractivity contribution in [2.75, 3.05) is 18.6 Å². The number of ether oxygens (including phenoxy) is 1. The monoisotopic (exact) mass is 328 g/mol. The van der Waals surface area contributed by atoms with E-state index in [9.17, 15) is 15.0 Å². The van der Waals surface area contributed by atoms with E-state index in [2.05, 4.69) is 29.9 Å². The van der Waals surface area contributed by atoms with Crippen molar-refractivity contribution < 1.29 is 19.7 Å². The van der Waals surface area contributed by atoms with Crippen molar-refractivity contribution in [3.63, 3.8) is 0 Å². The molecule has 0 fully saturated rings. The van der Waals surface area contributed by atoms with Crippen LogP contribution < -0.4 is 10.2 Å². The fraction of sp³-hybridized carbons (Fsp3) is 0.692. The summed E-state index contributed by atoms with van der Waals surface area (Å²) >= 11 is 0. The van der Waals surface area contributed by atoms with E-state index in [1.165, 1.54) is 4.90 Å². The van der Waals surface area contributed by atoms with Crippen molar-refractivity contribution in [1.29, 1.82) is 0 Å². The van der Waals surface area contributed by atoms with Crippen LogP contribution in [0.5, 0.6) is 0 Å². The first-order chi connectivity index (χ1) is 10.2. The van der Waals surface area contributed by atoms with Crippen molar-refractivity contribution in [2.24, 2.45) is 0 Å². The highest BCUT2D eigenvalue weighted by Gasteiger charge is 2.33. The Morgan fingerprint density at radius 2 is 2.09 bits per heavy atom. The molecule has 0 radical (unpaired) electrons. The zero-order valence-corrected chi connectivity index (χ0v) is 14.5. The molecule has 0 aliphatic carbocycles. The number of fused-ring (bicyclic) bond motifs is 1. The van der Waals surface area contributed by atoms with E-state index in [4.69, 9.17) is 4.74 Å². The summed E-state index contributed by atoms with van der Waals surface area (Å²) in [6, 6.07) is 1.02. The number of anilines is 1. The summed E-state index contributed by atoms with van der Waals surface area (Å²) in [5.74, 6) is 0.254. The van der Waals surface area contributed by atoms with Crippen LogP contribution in [-0.2, 0) is 18.1 Å². The average molecular weight is 328 g/mol. The third kappa shape index (κ3) is 3.49. The van der Waals surface area contributed by atoms with Crippen LogP contribution in [0.25, 0.3) is 0 Å². The summed E-state index contributed by atoms with van der Waals surface area (Å²) in [6.45, 7) is 7.24. The molecule has 0 aromatic carbocycles. The Morgan fingerprint density at radius 1 is 1.41 bits per heavy atom. The van der Waals surface area contributed by atoms with Crippen LogP contribution in [0.2, 0.25) is 25.7 Å². The number of rotatable bonds is 6. The molecule has 0 saturated carbocycles. The zero-order chi connectivity index (χ0) is 16.5. The molecule has 0 saturated heterocycles. The van der Waals surface area contributed by atoms with Gasteiger partial charge in [-0.2, -0.15) is 0 Å². The minimum atomic E-state index is -1.18. The first-order valence-corrected chi connectivity index (χ1v) is 10.9. The van der Waals surface area contributed by atoms with Gasteiger partial charge in [0, 0.05) is 21.7 Å². The van der Waals surface area contributed by atoms with Crippen LogP contribution in [0.3, 0.4) is 0 Å². The Morgan fingerprint density at radius 3 is 2.68 bits per heavy atom. The number of nitrogens with one attached hydrogen (secondary N) is 1. The van der Waals surface area contributed by atoms with Gasteiger partial charge in [0.15, 0.2) is 11.5 Å². The van der Waals surface area contributed by atoms with Gasteiger partial charge in [-0.25, -0.2) is 4.98 Å². The second-order valence-corrected chi connectivity index (χ2v) is 12.2. The predicted molar refractivity (Wildman–Crippen MR) is 84.1 cm³/mol. The van der Waals surface area contributed by atoms with Crippen LogP contribution in [0.15, 0.2) is 0 Å². The lowest BCUT2D eigenvalue weighted by Crippen LogP contribution is -2.51. The zero-order valence-electron chi connectivity index (χ0n) is 13.5. The van der Waals surface area contributed by atoms with Gasteiger partial charge in [-0.3, -0.25) is 9.36 Å². The lowest BCUT2D eigenvalue weighted by atomic mass is 10.3. The Bertz CT molecular complexity index is 555. The van der Waals surface area contributed by atoms with Crippen molar-refractivity contribution in [3.8, 4) is 0 Å². The molecule has 8 nitrogen and oxygen atoms in total. The minimum absolute atomic E-state index is 0.153. The first-order valence-electron chi connectivity index (χ1n) is 7.24. The smallest absolute Gasteiger partial charge is 0.275 e. The van der Waals surface area contributed by atoms with E-state index in [0.717, 1.165) is 6.04 Å². The Balaban J connectivity index is 2.17. The highest BCUT2D eigenvalue weighted by Crippen LogP contribution is 2.25. The van der Waals surface area contributed by atoms with Gasteiger partial charge in [0.05, 0.1) is 0 Å². The first kappa shape index (κ1) is 16.9. The number of amides is 1. The van der Waals surface area contributed by atoms with Crippen LogP contribution >= 0.6 is 0 Å². The maximum atomic E-state index is 12.1. The maximum Gasteiger partial charge on any atom is 0.275 e. The fourth-order valence-corrected chi connectivity index (χ4v) is 2.90. The van der Waals surface area contributed by atoms with Crippen molar-refractivity contribution in [3.05, 3.63) is 11.5 Å². The average Bonchev–Trinajstić information content (AvgIpc) is 2.79. The van der Waals surface area contributed by atoms with E-state index in [1.54, 1.807) is 11.6 Å². The molecule has 9 heteroatoms. The summed E-state index contributed by atoms with van der Waals surface area (Å²) in [7, 11) is 0.435. The molecule has 3 N–H and O–H groups in total. The van der Waals surface area contributed by atoms with Gasteiger partial charge in [-0.1, -0.05) is 19.6 Å². The molecule has 2 rings (SSSR count). The fourth-order valence-electron chi connectivity index (χ4n) is 2.15. The number of hydrogen-bond donors (Lipinski definition) is 3. The Kier molecular flexibility index (Phi) is 4.90. The number of nitrogens with zero attached hydrogens (tertiary/aromatic N) is 3. The van der Waals surface area contributed by atoms with Gasteiger partial charge in [0.1, 0.15) is 19.2 Å². The van der Waals surface area contributed by atoms with Gasteiger partial charge in [-0.15, -0.1) is 0 Å². The number of aromatic nitrogens is 2. The van der Waals surface area contributed by atoms with E-state index in [-0.39, 0.29) is 13.3 Å². The van der Waals surface area contributed by atoms with Crippen molar-refractivity contribution in [2.45, 2.75) is 45.4 Å². The van der Waals surface area contributed by atoms with Crippen molar-refractivity contribution >= 4 is 19.8 Å². The SMILES string of the molecule is CN1c2nc(CO)n(COCC[Si](C)(C)C)c2C(=O)NC1O. The highest BCUT2D eigenvalue weighted by atomic mass is 28.3. The Hall–Kier alpha value is -1.42. The highest BCUT2D eigenvalue weighted by molar-refractivity contribution is 6.76. The lowest BCUT2D eigenvalue weighted by molar-refractivity contribution is 0.0656. The van der Waals surface area contributed by atoms with Gasteiger partial charge in [-0.05, 0) is 6.04 Å². The molecule has 0 bridgehead atoms. The lowest BCUT2D eigenvalue weighted by Gasteiger charge is -2.29. The normalized spacial score (nSPS) is 18.4. The second-order valence-electron chi connectivity index (χ2n) is 6.59. The molecule has 1 atom stereocenters. The van der Waals surface area contributed by atoms with Crippen LogP contribution in [0.1, 0.15) is 16.3 Å². The molecule has 1 aromatic heterocycles. The van der Waals surface area contributed by atoms with Crippen LogP contribution in [0, 0.1) is 0 Å². The number of carbonyl (C=O) groups is 1. The van der Waals surface area contributed by atoms with Gasteiger partial charge in [0.25, 0.3) is 5.91 Å². The molecule has 1 aliphatic heterocycles. The molecular formula is C13H24N4O4Si. The van der Waals surface area contributed by atoms with E-state index in [1.807, 2.05) is 0 Å². The molecule has 2 heterocycles. The second kappa shape index (κ2) is 6.37. The van der Waals surface area contributed by atoms with E-state index in [0.29, 0.717) is 23.9 Å². The number of imidazole rings is 1. The summed E-state index contributed by atoms with van der Waals surface area (Å²) in [4.78, 5) is 17.8. The molecule has 1 aliphatic rings. The summed E-state index contributed by atoms with van der Waals surface area (Å²) in [5.41, 5.74) is 0.296. The molecule has 22 heavy (non-hydrogen) atoms. The summed E-state index contributed by atoms with van der Waals surface area (Å²) in [6.07, 6.45) is -1.12. The van der Waals surface area contributed by atoms with Crippen LogP contribution in [0.4, 0.5) is 5.82 Å². The standard InChI is InChI=1S/C13H24N4O4Si/c1-16-11-10(12(19)15-13(16)20)17(9(7-18)14-11)8-21-5-6-22(2,3)4/h13,18,20H,5-8H2,1-4H3,(H,15,19). The predicted octanol–water partition coefficient (Wildman–Crippen LogP) is 0.143. The Labute approximate surface area is 130 Å². The minimum Gasteiger partial charge on any atom is -0.388 e. The number of aliphatic hydroxyl groups is 2. The summed E-state index contributed by atoms with van der Waals surface area (Å²) in [5, 5.41) is 21.6. The van der Waals surface area contributed by atoms with Crippen LogP contribution in [-0.4, -0.2) is 53.8 Å². The molecule has 0 spiro atoms. The van der Waals surface area contributed by atoms with E-state index >= 15 is 0 Å². The molecular weight excluding hydrogens is 304 g/mol. The maximum absolute atomic E-state index is 12.1. The van der Waals surface area contributed by atoms with Gasteiger partial charge in [0.2, 0.25) is 6.35 Å². The molecule has 1 amide bonds. The molecule has 124 valence electrons. The topological polar surface area (TPSA) is 99.9 Å². The third-order valence-electron chi connectivity index (χ3n) is 3.56. The third-order valence-corrected chi connectivity index (χ3v) is 5.27. The van der Waals surface area contributed by atoms with E-state index < -0.39 is 20.3 Å². The van der Waals surface area contributed by atoms with Gasteiger partial charge >= 0.3 is 0 Å². The number of hydrogen-bond acceptors (Lipinski definition) is 6. The van der Waals surface area contributed by atoms with Crippen molar-refractivity contribution in [1.82, 2.24) is 14.9 Å². The summed E-state index contributed by atoms with van der Waals surface area (Å²) < 4.78 is 7.21. The largest absolute Gasteiger partial charge is 0.388 e. The number of carbonyl (C=O) groups excluding carboxylic acids is 1. The number of aliphatic hydroxyl groups excluding tert-OH is 2. The molecule has 1 unspecified atom stereocenters. The quantitative estimate of drug-likeness (QED) is 0.507. The molecule has 1 aromatic rings.